The van der Waals surface area contributed by atoms with Crippen molar-refractivity contribution in [2.75, 3.05) is 58.7 Å². The summed E-state index contributed by atoms with van der Waals surface area (Å²) in [5.74, 6) is 3.50. The van der Waals surface area contributed by atoms with Crippen LogP contribution in [-0.4, -0.2) is 79.0 Å². The summed E-state index contributed by atoms with van der Waals surface area (Å²) in [5.41, 5.74) is 2.13. The summed E-state index contributed by atoms with van der Waals surface area (Å²) in [6.07, 6.45) is 6.25. The third-order valence-electron chi connectivity index (χ3n) is 6.24. The predicted octanol–water partition coefficient (Wildman–Crippen LogP) is 3.32. The second kappa shape index (κ2) is 9.34. The molecule has 35 heavy (non-hydrogen) atoms. The fourth-order valence-corrected chi connectivity index (χ4v) is 4.29. The number of anilines is 3. The highest BCUT2D eigenvalue weighted by Gasteiger charge is 2.27. The van der Waals surface area contributed by atoms with E-state index >= 15 is 0 Å². The minimum Gasteiger partial charge on any atom is -0.493 e. The van der Waals surface area contributed by atoms with E-state index in [4.69, 9.17) is 28.6 Å². The summed E-state index contributed by atoms with van der Waals surface area (Å²) in [6.45, 7) is 1.78. The fourth-order valence-electron chi connectivity index (χ4n) is 4.29. The molecule has 11 heteroatoms. The molecule has 0 amide bonds. The van der Waals surface area contributed by atoms with Crippen molar-refractivity contribution in [3.8, 4) is 22.9 Å². The second-order valence-corrected chi connectivity index (χ2v) is 8.53. The van der Waals surface area contributed by atoms with E-state index in [1.54, 1.807) is 33.9 Å². The quantitative estimate of drug-likeness (QED) is 0.405. The normalized spacial score (nSPS) is 15.7. The van der Waals surface area contributed by atoms with Crippen LogP contribution in [0.25, 0.3) is 16.8 Å². The highest BCUT2D eigenvalue weighted by molar-refractivity contribution is 5.86. The zero-order valence-electron chi connectivity index (χ0n) is 20.5. The molecule has 0 aliphatic carbocycles. The van der Waals surface area contributed by atoms with Gasteiger partial charge in [-0.1, -0.05) is 0 Å². The molecule has 1 fully saturated rings. The van der Waals surface area contributed by atoms with Gasteiger partial charge in [0.25, 0.3) is 0 Å². The highest BCUT2D eigenvalue weighted by atomic mass is 16.5. The summed E-state index contributed by atoms with van der Waals surface area (Å²) >= 11 is 0. The molecule has 1 saturated heterocycles. The number of likely N-dealkylation sites (N-methyl/N-ethyl adjacent to an activating group) is 1. The van der Waals surface area contributed by atoms with Gasteiger partial charge in [0.15, 0.2) is 22.9 Å². The maximum absolute atomic E-state index is 5.68. The third kappa shape index (κ3) is 4.30. The smallest absolute Gasteiger partial charge is 0.228 e. The van der Waals surface area contributed by atoms with Gasteiger partial charge in [0.05, 0.1) is 39.5 Å². The second-order valence-electron chi connectivity index (χ2n) is 8.53. The van der Waals surface area contributed by atoms with Crippen LogP contribution < -0.4 is 24.4 Å². The Hall–Kier alpha value is -3.99. The molecule has 5 rings (SSSR count). The number of nitrogens with zero attached hydrogens (tertiary/aromatic N) is 6. The van der Waals surface area contributed by atoms with Crippen molar-refractivity contribution in [1.82, 2.24) is 24.4 Å². The molecule has 4 aromatic rings. The van der Waals surface area contributed by atoms with E-state index in [0.29, 0.717) is 46.5 Å². The van der Waals surface area contributed by atoms with Gasteiger partial charge < -0.3 is 38.3 Å². The minimum absolute atomic E-state index is 0.476. The van der Waals surface area contributed by atoms with Gasteiger partial charge in [-0.3, -0.25) is 0 Å². The Bertz CT molecular complexity index is 1310. The van der Waals surface area contributed by atoms with Crippen LogP contribution in [0.4, 0.5) is 17.6 Å². The maximum atomic E-state index is 5.68. The lowest BCUT2D eigenvalue weighted by Crippen LogP contribution is -2.32. The Morgan fingerprint density at radius 2 is 1.86 bits per heavy atom. The zero-order chi connectivity index (χ0) is 24.5. The molecular formula is C24H29N7O4. The number of hydrogen-bond donors (Lipinski definition) is 1. The van der Waals surface area contributed by atoms with E-state index in [9.17, 15) is 0 Å². The molecular weight excluding hydrogens is 450 g/mol. The number of imidazole rings is 1. The average Bonchev–Trinajstić information content (AvgIpc) is 3.63. The molecule has 11 nitrogen and oxygen atoms in total. The number of rotatable bonds is 8. The van der Waals surface area contributed by atoms with Gasteiger partial charge in [-0.2, -0.15) is 4.98 Å². The van der Waals surface area contributed by atoms with Gasteiger partial charge in [-0.25, -0.2) is 9.97 Å². The first-order chi connectivity index (χ1) is 17.0. The van der Waals surface area contributed by atoms with E-state index in [2.05, 4.69) is 34.2 Å². The van der Waals surface area contributed by atoms with Gasteiger partial charge in [0.1, 0.15) is 17.7 Å². The number of nitrogens with one attached hydrogen (secondary N) is 1. The lowest BCUT2D eigenvalue weighted by molar-refractivity contribution is 0.315. The average molecular weight is 480 g/mol. The van der Waals surface area contributed by atoms with Crippen LogP contribution in [0.15, 0.2) is 41.4 Å². The molecule has 1 N–H and O–H groups in total. The largest absolute Gasteiger partial charge is 0.493 e. The summed E-state index contributed by atoms with van der Waals surface area (Å²) in [7, 11) is 8.96. The molecule has 1 aromatic carbocycles. The van der Waals surface area contributed by atoms with Crippen LogP contribution in [0.2, 0.25) is 0 Å². The standard InChI is InChI=1S/C24H29N7O4/c1-29(2)15-6-8-30(12-15)24-26-17-7-9-35-21(17)23(28-24)27-20-13-31(14-25-20)16-10-18(32-3)22(34-5)19(11-16)33-4/h7,9-11,13-15H,6,8,12H2,1-5H3,(H,26,27,28)/t15-/m0/s1. The molecule has 0 unspecified atom stereocenters. The summed E-state index contributed by atoms with van der Waals surface area (Å²) in [5, 5.41) is 3.30. The van der Waals surface area contributed by atoms with Crippen molar-refractivity contribution in [1.29, 1.82) is 0 Å². The van der Waals surface area contributed by atoms with Gasteiger partial charge >= 0.3 is 0 Å². The Labute approximate surface area is 203 Å². The number of furan rings is 1. The number of ether oxygens (including phenoxy) is 3. The zero-order valence-corrected chi connectivity index (χ0v) is 20.5. The van der Waals surface area contributed by atoms with E-state index in [-0.39, 0.29) is 0 Å². The first kappa shape index (κ1) is 22.8. The van der Waals surface area contributed by atoms with Crippen molar-refractivity contribution in [3.05, 3.63) is 37.0 Å². The van der Waals surface area contributed by atoms with E-state index < -0.39 is 0 Å². The topological polar surface area (TPSA) is 103 Å². The molecule has 3 aromatic heterocycles. The number of fused-ring (bicyclic) bond motifs is 1. The lowest BCUT2D eigenvalue weighted by Gasteiger charge is -2.20. The molecule has 0 saturated carbocycles. The van der Waals surface area contributed by atoms with Crippen molar-refractivity contribution in [2.24, 2.45) is 0 Å². The van der Waals surface area contributed by atoms with Crippen LogP contribution in [0, 0.1) is 0 Å². The number of aromatic nitrogens is 4. The summed E-state index contributed by atoms with van der Waals surface area (Å²) in [4.78, 5) is 18.5. The van der Waals surface area contributed by atoms with Crippen LogP contribution in [-0.2, 0) is 0 Å². The van der Waals surface area contributed by atoms with Crippen molar-refractivity contribution >= 4 is 28.7 Å². The predicted molar refractivity (Wildman–Crippen MR) is 133 cm³/mol. The Balaban J connectivity index is 1.44. The Morgan fingerprint density at radius 1 is 1.09 bits per heavy atom. The monoisotopic (exact) mass is 479 g/mol. The van der Waals surface area contributed by atoms with Crippen LogP contribution in [0.5, 0.6) is 17.2 Å². The molecule has 184 valence electrons. The molecule has 1 aliphatic heterocycles. The first-order valence-electron chi connectivity index (χ1n) is 11.3. The summed E-state index contributed by atoms with van der Waals surface area (Å²) < 4.78 is 23.9. The highest BCUT2D eigenvalue weighted by Crippen LogP contribution is 2.39. The number of hydrogen-bond acceptors (Lipinski definition) is 10. The van der Waals surface area contributed by atoms with Gasteiger partial charge in [0, 0.05) is 37.3 Å². The van der Waals surface area contributed by atoms with Crippen molar-refractivity contribution < 1.29 is 18.6 Å². The number of methoxy groups -OCH3 is 3. The van der Waals surface area contributed by atoms with E-state index in [1.807, 2.05) is 29.0 Å². The van der Waals surface area contributed by atoms with E-state index in [1.165, 1.54) is 0 Å². The summed E-state index contributed by atoms with van der Waals surface area (Å²) in [6, 6.07) is 6.04. The third-order valence-corrected chi connectivity index (χ3v) is 6.24. The number of benzene rings is 1. The van der Waals surface area contributed by atoms with E-state index in [0.717, 1.165) is 30.7 Å². The van der Waals surface area contributed by atoms with Crippen LogP contribution >= 0.6 is 0 Å². The first-order valence-corrected chi connectivity index (χ1v) is 11.3. The molecule has 1 aliphatic rings. The van der Waals surface area contributed by atoms with Crippen LogP contribution in [0.1, 0.15) is 6.42 Å². The SMILES string of the molecule is COc1cc(-n2cnc(Nc3nc(N4CC[C@H](N(C)C)C4)nc4ccoc34)c2)cc(OC)c1OC. The maximum Gasteiger partial charge on any atom is 0.228 e. The van der Waals surface area contributed by atoms with Crippen molar-refractivity contribution in [2.45, 2.75) is 12.5 Å². The Morgan fingerprint density at radius 3 is 2.51 bits per heavy atom. The molecule has 0 spiro atoms. The Kier molecular flexibility index (Phi) is 6.08. The van der Waals surface area contributed by atoms with Gasteiger partial charge in [-0.05, 0) is 20.5 Å². The van der Waals surface area contributed by atoms with Crippen molar-refractivity contribution in [3.63, 3.8) is 0 Å². The fraction of sp³-hybridized carbons (Fsp3) is 0.375. The molecule has 1 atom stereocenters. The molecule has 0 bridgehead atoms. The van der Waals surface area contributed by atoms with Crippen LogP contribution in [0.3, 0.4) is 0 Å². The minimum atomic E-state index is 0.476. The molecule has 0 radical (unpaired) electrons. The van der Waals surface area contributed by atoms with Gasteiger partial charge in [0.2, 0.25) is 11.7 Å². The lowest BCUT2D eigenvalue weighted by atomic mass is 10.2. The molecule has 4 heterocycles. The van der Waals surface area contributed by atoms with Gasteiger partial charge in [-0.15, -0.1) is 0 Å².